The summed E-state index contributed by atoms with van der Waals surface area (Å²) in [6.45, 7) is 1.92. The zero-order valence-electron chi connectivity index (χ0n) is 17.6. The normalized spacial score (nSPS) is 11.0. The average molecular weight is 533 g/mol. The number of hydrogen-bond donors (Lipinski definition) is 1. The zero-order chi connectivity index (χ0) is 23.7. The maximum absolute atomic E-state index is 13.5. The van der Waals surface area contributed by atoms with Crippen LogP contribution in [0.5, 0.6) is 5.75 Å². The van der Waals surface area contributed by atoms with Crippen LogP contribution in [0.4, 0.5) is 4.39 Å². The molecule has 0 aliphatic rings. The molecule has 170 valence electrons. The predicted molar refractivity (Wildman–Crippen MR) is 125 cm³/mol. The number of phenolic OH excluding ortho intramolecular Hbond substituents is 1. The molecule has 0 aliphatic heterocycles. The molecular weight excluding hydrogens is 515 g/mol. The van der Waals surface area contributed by atoms with Crippen LogP contribution in [0, 0.1) is 5.82 Å². The number of halogens is 2. The Hall–Kier alpha value is -3.31. The number of carbonyl (C=O) groups excluding carboxylic acids is 1. The van der Waals surface area contributed by atoms with E-state index in [1.54, 1.807) is 24.6 Å². The van der Waals surface area contributed by atoms with Gasteiger partial charge in [0.1, 0.15) is 24.2 Å². The second kappa shape index (κ2) is 9.28. The van der Waals surface area contributed by atoms with E-state index >= 15 is 0 Å². The van der Waals surface area contributed by atoms with Crippen molar-refractivity contribution in [1.82, 2.24) is 19.3 Å². The molecule has 2 heterocycles. The molecule has 0 bridgehead atoms. The first-order chi connectivity index (χ1) is 15.9. The predicted octanol–water partition coefficient (Wildman–Crippen LogP) is 3.38. The Morgan fingerprint density at radius 2 is 2.03 bits per heavy atom. The standard InChI is InChI=1S/C22H18BrFN4O4S/c1-3-32-22(30)18-17-14(9-28-11-25-10-26-28)20(29)15(23)8-16(17)27(2)19(18)21(33-31)12-4-6-13(24)7-5-12/h4-8,10-11,29H,3,9H2,1-2H3. The fourth-order valence-corrected chi connectivity index (χ4v) is 4.76. The lowest BCUT2D eigenvalue weighted by Gasteiger charge is -2.11. The van der Waals surface area contributed by atoms with Crippen molar-refractivity contribution in [2.45, 2.75) is 13.5 Å². The molecule has 0 unspecified atom stereocenters. The van der Waals surface area contributed by atoms with Crippen molar-refractivity contribution in [2.24, 2.45) is 7.05 Å². The van der Waals surface area contributed by atoms with Gasteiger partial charge in [0.05, 0.1) is 50.5 Å². The first-order valence-electron chi connectivity index (χ1n) is 9.82. The molecule has 0 aliphatic carbocycles. The van der Waals surface area contributed by atoms with Crippen LogP contribution in [-0.4, -0.2) is 46.1 Å². The summed E-state index contributed by atoms with van der Waals surface area (Å²) in [4.78, 5) is 17.4. The van der Waals surface area contributed by atoms with Crippen molar-refractivity contribution in [3.63, 3.8) is 0 Å². The Kier molecular flexibility index (Phi) is 6.43. The lowest BCUT2D eigenvalue weighted by Crippen LogP contribution is -2.15. The fraction of sp³-hybridized carbons (Fsp3) is 0.182. The summed E-state index contributed by atoms with van der Waals surface area (Å²) in [7, 11) is 1.71. The minimum atomic E-state index is -0.645. The Labute approximate surface area is 199 Å². The number of aromatic hydroxyl groups is 1. The lowest BCUT2D eigenvalue weighted by molar-refractivity contribution is 0.0528. The number of fused-ring (bicyclic) bond motifs is 1. The highest BCUT2D eigenvalue weighted by Gasteiger charge is 2.30. The van der Waals surface area contributed by atoms with Gasteiger partial charge in [0.2, 0.25) is 0 Å². The van der Waals surface area contributed by atoms with Gasteiger partial charge in [0.25, 0.3) is 0 Å². The van der Waals surface area contributed by atoms with Crippen molar-refractivity contribution in [2.75, 3.05) is 6.61 Å². The summed E-state index contributed by atoms with van der Waals surface area (Å²) in [5.74, 6) is -1.16. The van der Waals surface area contributed by atoms with Crippen molar-refractivity contribution in [3.8, 4) is 5.75 Å². The molecule has 0 spiro atoms. The van der Waals surface area contributed by atoms with Crippen LogP contribution in [0.15, 0.2) is 47.5 Å². The number of rotatable bonds is 6. The summed E-state index contributed by atoms with van der Waals surface area (Å²) in [5, 5.41) is 15.4. The maximum Gasteiger partial charge on any atom is 0.341 e. The van der Waals surface area contributed by atoms with E-state index in [2.05, 4.69) is 26.0 Å². The van der Waals surface area contributed by atoms with Gasteiger partial charge in [-0.3, -0.25) is 0 Å². The molecule has 8 nitrogen and oxygen atoms in total. The molecule has 4 rings (SSSR count). The molecule has 0 saturated heterocycles. The molecule has 11 heteroatoms. The molecule has 0 saturated carbocycles. The highest BCUT2D eigenvalue weighted by molar-refractivity contribution is 9.10. The van der Waals surface area contributed by atoms with E-state index in [1.165, 1.54) is 41.6 Å². The number of nitrogens with zero attached hydrogens (tertiary/aromatic N) is 4. The minimum absolute atomic E-state index is 0.0705. The zero-order valence-corrected chi connectivity index (χ0v) is 20.0. The van der Waals surface area contributed by atoms with Crippen molar-refractivity contribution < 1.29 is 23.2 Å². The van der Waals surface area contributed by atoms with Crippen molar-refractivity contribution in [3.05, 3.63) is 75.7 Å². The van der Waals surface area contributed by atoms with Gasteiger partial charge in [-0.15, -0.1) is 0 Å². The van der Waals surface area contributed by atoms with E-state index in [9.17, 15) is 18.5 Å². The molecule has 0 amide bonds. The SMILES string of the molecule is CCOC(=O)c1c(C(=S=O)c2ccc(F)cc2)n(C)c2cc(Br)c(O)c(Cn3cncn3)c12. The van der Waals surface area contributed by atoms with Gasteiger partial charge >= 0.3 is 5.97 Å². The van der Waals surface area contributed by atoms with Gasteiger partial charge in [0.15, 0.2) is 0 Å². The largest absolute Gasteiger partial charge is 0.506 e. The first-order valence-corrected chi connectivity index (χ1v) is 11.4. The van der Waals surface area contributed by atoms with Crippen LogP contribution < -0.4 is 0 Å². The van der Waals surface area contributed by atoms with Crippen LogP contribution in [0.2, 0.25) is 0 Å². The Morgan fingerprint density at radius 3 is 2.64 bits per heavy atom. The molecular formula is C22H18BrFN4O4S. The van der Waals surface area contributed by atoms with Gasteiger partial charge in [-0.05, 0) is 46.6 Å². The van der Waals surface area contributed by atoms with Crippen LogP contribution in [-0.2, 0) is 29.6 Å². The molecule has 2 aromatic carbocycles. The Morgan fingerprint density at radius 1 is 1.30 bits per heavy atom. The quantitative estimate of drug-likeness (QED) is 0.232. The number of benzene rings is 2. The van der Waals surface area contributed by atoms with Crippen molar-refractivity contribution >= 4 is 48.9 Å². The van der Waals surface area contributed by atoms with Crippen molar-refractivity contribution in [1.29, 1.82) is 0 Å². The number of ether oxygens (including phenoxy) is 1. The molecule has 4 aromatic rings. The number of esters is 1. The first kappa shape index (κ1) is 22.9. The van der Waals surface area contributed by atoms with E-state index in [-0.39, 0.29) is 40.6 Å². The Bertz CT molecular complexity index is 1410. The van der Waals surface area contributed by atoms with E-state index in [0.717, 1.165) is 0 Å². The van der Waals surface area contributed by atoms with E-state index < -0.39 is 11.8 Å². The topological polar surface area (TPSA) is 99.2 Å². The minimum Gasteiger partial charge on any atom is -0.506 e. The summed E-state index contributed by atoms with van der Waals surface area (Å²) in [5.41, 5.74) is 1.89. The van der Waals surface area contributed by atoms with Crippen LogP contribution >= 0.6 is 15.9 Å². The summed E-state index contributed by atoms with van der Waals surface area (Å²) in [6.07, 6.45) is 2.85. The van der Waals surface area contributed by atoms with Gasteiger partial charge in [-0.1, -0.05) is 12.1 Å². The van der Waals surface area contributed by atoms with Crippen LogP contribution in [0.3, 0.4) is 0 Å². The summed E-state index contributed by atoms with van der Waals surface area (Å²) in [6, 6.07) is 7.12. The second-order valence-electron chi connectivity index (χ2n) is 7.10. The Balaban J connectivity index is 2.09. The van der Waals surface area contributed by atoms with Crippen LogP contribution in [0.25, 0.3) is 10.9 Å². The number of carbonyl (C=O) groups is 1. The van der Waals surface area contributed by atoms with Gasteiger partial charge in [0, 0.05) is 18.0 Å². The van der Waals surface area contributed by atoms with E-state index in [0.29, 0.717) is 32.2 Å². The van der Waals surface area contributed by atoms with Gasteiger partial charge < -0.3 is 14.4 Å². The average Bonchev–Trinajstić information content (AvgIpc) is 3.40. The third-order valence-corrected chi connectivity index (χ3v) is 6.39. The van der Waals surface area contributed by atoms with Gasteiger partial charge in [-0.2, -0.15) is 5.10 Å². The number of phenols is 1. The van der Waals surface area contributed by atoms with Crippen LogP contribution in [0.1, 0.15) is 34.1 Å². The molecule has 0 radical (unpaired) electrons. The third kappa shape index (κ3) is 4.09. The molecule has 0 fully saturated rings. The van der Waals surface area contributed by atoms with Gasteiger partial charge in [-0.25, -0.2) is 23.1 Å². The number of aromatic nitrogens is 4. The van der Waals surface area contributed by atoms with E-state index in [4.69, 9.17) is 4.74 Å². The monoisotopic (exact) mass is 532 g/mol. The molecule has 1 N–H and O–H groups in total. The second-order valence-corrected chi connectivity index (χ2v) is 8.52. The molecule has 2 aromatic heterocycles. The van der Waals surface area contributed by atoms with E-state index in [1.807, 2.05) is 0 Å². The third-order valence-electron chi connectivity index (χ3n) is 5.19. The maximum atomic E-state index is 13.5. The molecule has 33 heavy (non-hydrogen) atoms. The molecule has 0 atom stereocenters. The lowest BCUT2D eigenvalue weighted by atomic mass is 10.0. The highest BCUT2D eigenvalue weighted by atomic mass is 79.9. The smallest absolute Gasteiger partial charge is 0.341 e. The summed E-state index contributed by atoms with van der Waals surface area (Å²) < 4.78 is 34.8. The highest BCUT2D eigenvalue weighted by Crippen LogP contribution is 2.40. The summed E-state index contributed by atoms with van der Waals surface area (Å²) >= 11 is 3.57. The number of hydrogen-bond acceptors (Lipinski definition) is 6. The fourth-order valence-electron chi connectivity index (χ4n) is 3.75. The number of aryl methyl sites for hydroxylation is 1.